The van der Waals surface area contributed by atoms with Crippen LogP contribution in [0, 0.1) is 0 Å². The van der Waals surface area contributed by atoms with Gasteiger partial charge >= 0.3 is 0 Å². The van der Waals surface area contributed by atoms with E-state index in [0.29, 0.717) is 11.2 Å². The normalized spacial score (nSPS) is 12.9. The molecule has 1 aromatic heterocycles. The average molecular weight is 335 g/mol. The molecule has 1 aliphatic rings. The fraction of sp³-hybridized carbons (Fsp3) is 0.267. The molecule has 1 N–H and O–H groups in total. The van der Waals surface area contributed by atoms with Crippen LogP contribution in [-0.4, -0.2) is 24.4 Å². The minimum absolute atomic E-state index is 0.00669. The van der Waals surface area contributed by atoms with E-state index in [-0.39, 0.29) is 5.91 Å². The van der Waals surface area contributed by atoms with Crippen molar-refractivity contribution in [2.45, 2.75) is 13.0 Å². The van der Waals surface area contributed by atoms with Crippen LogP contribution in [0.2, 0.25) is 0 Å². The lowest BCUT2D eigenvalue weighted by Gasteiger charge is -2.16. The highest BCUT2D eigenvalue weighted by Crippen LogP contribution is 2.24. The van der Waals surface area contributed by atoms with Gasteiger partial charge in [0.1, 0.15) is 5.76 Å². The number of carbonyl (C=O) groups is 1. The number of rotatable bonds is 3. The van der Waals surface area contributed by atoms with Crippen molar-refractivity contribution in [3.05, 3.63) is 51.9 Å². The molecule has 1 amide bonds. The number of nitrogens with one attached hydrogen (secondary N) is 1. The minimum atomic E-state index is 0.00669. The molecule has 5 heteroatoms. The summed E-state index contributed by atoms with van der Waals surface area (Å²) >= 11 is 3.26. The van der Waals surface area contributed by atoms with Crippen LogP contribution in [0.4, 0.5) is 5.69 Å². The molecular formula is C15H15BrN2O2. The molecule has 2 heterocycles. The summed E-state index contributed by atoms with van der Waals surface area (Å²) < 4.78 is 6.10. The van der Waals surface area contributed by atoms with Gasteiger partial charge in [0.05, 0.1) is 6.54 Å². The molecule has 0 spiro atoms. The van der Waals surface area contributed by atoms with Gasteiger partial charge in [-0.1, -0.05) is 0 Å². The van der Waals surface area contributed by atoms with Crippen LogP contribution in [-0.2, 0) is 13.0 Å². The zero-order valence-electron chi connectivity index (χ0n) is 11.1. The molecule has 1 aliphatic heterocycles. The summed E-state index contributed by atoms with van der Waals surface area (Å²) in [4.78, 5) is 14.1. The molecule has 0 atom stereocenters. The molecule has 0 unspecified atom stereocenters. The number of carbonyl (C=O) groups excluding carboxylic acids is 1. The number of halogens is 1. The summed E-state index contributed by atoms with van der Waals surface area (Å²) in [6.07, 6.45) is 0.977. The first-order valence-electron chi connectivity index (χ1n) is 6.50. The molecule has 0 saturated carbocycles. The highest BCUT2D eigenvalue weighted by atomic mass is 79.9. The highest BCUT2D eigenvalue weighted by molar-refractivity contribution is 9.10. The lowest BCUT2D eigenvalue weighted by molar-refractivity contribution is 0.0775. The Morgan fingerprint density at radius 3 is 3.00 bits per heavy atom. The summed E-state index contributed by atoms with van der Waals surface area (Å²) in [7, 11) is 1.78. The van der Waals surface area contributed by atoms with E-state index in [1.807, 2.05) is 30.3 Å². The Hall–Kier alpha value is -1.75. The second kappa shape index (κ2) is 5.32. The van der Waals surface area contributed by atoms with E-state index in [2.05, 4.69) is 21.2 Å². The van der Waals surface area contributed by atoms with Gasteiger partial charge in [0, 0.05) is 24.8 Å². The first-order valence-corrected chi connectivity index (χ1v) is 7.29. The number of amides is 1. The molecule has 104 valence electrons. The molecule has 20 heavy (non-hydrogen) atoms. The van der Waals surface area contributed by atoms with Crippen LogP contribution in [0.3, 0.4) is 0 Å². The van der Waals surface area contributed by atoms with Crippen molar-refractivity contribution >= 4 is 27.5 Å². The van der Waals surface area contributed by atoms with Crippen LogP contribution >= 0.6 is 15.9 Å². The molecule has 0 saturated heterocycles. The second-order valence-corrected chi connectivity index (χ2v) is 5.70. The first-order chi connectivity index (χ1) is 9.63. The second-order valence-electron chi connectivity index (χ2n) is 4.92. The summed E-state index contributed by atoms with van der Waals surface area (Å²) in [5.74, 6) is 0.766. The van der Waals surface area contributed by atoms with E-state index in [9.17, 15) is 4.79 Å². The van der Waals surface area contributed by atoms with Crippen LogP contribution in [0.1, 0.15) is 21.7 Å². The van der Waals surface area contributed by atoms with E-state index in [0.717, 1.165) is 30.0 Å². The van der Waals surface area contributed by atoms with Crippen molar-refractivity contribution in [2.24, 2.45) is 0 Å². The number of hydrogen-bond donors (Lipinski definition) is 1. The Balaban J connectivity index is 1.74. The molecule has 0 aliphatic carbocycles. The molecule has 0 radical (unpaired) electrons. The fourth-order valence-corrected chi connectivity index (χ4v) is 2.74. The van der Waals surface area contributed by atoms with Gasteiger partial charge in [0.25, 0.3) is 5.91 Å². The zero-order valence-corrected chi connectivity index (χ0v) is 12.7. The summed E-state index contributed by atoms with van der Waals surface area (Å²) in [6, 6.07) is 9.52. The number of furan rings is 1. The third kappa shape index (κ3) is 2.58. The largest absolute Gasteiger partial charge is 0.452 e. The number of benzene rings is 1. The van der Waals surface area contributed by atoms with E-state index in [4.69, 9.17) is 4.42 Å². The van der Waals surface area contributed by atoms with Gasteiger partial charge in [-0.15, -0.1) is 0 Å². The number of nitrogens with zero attached hydrogens (tertiary/aromatic N) is 1. The Labute approximate surface area is 125 Å². The van der Waals surface area contributed by atoms with Crippen LogP contribution in [0.5, 0.6) is 0 Å². The predicted molar refractivity (Wildman–Crippen MR) is 80.8 cm³/mol. The quantitative estimate of drug-likeness (QED) is 0.936. The van der Waals surface area contributed by atoms with Gasteiger partial charge in [-0.05, 0) is 58.2 Å². The van der Waals surface area contributed by atoms with Crippen LogP contribution < -0.4 is 5.32 Å². The minimum Gasteiger partial charge on any atom is -0.452 e. The highest BCUT2D eigenvalue weighted by Gasteiger charge is 2.17. The van der Waals surface area contributed by atoms with Crippen molar-refractivity contribution < 1.29 is 9.21 Å². The first kappa shape index (κ1) is 13.2. The SMILES string of the molecule is CN(Cc1ccc(Br)o1)C(=O)c1ccc2c(c1)CCN2. The van der Waals surface area contributed by atoms with Gasteiger partial charge < -0.3 is 14.6 Å². The Morgan fingerprint density at radius 2 is 2.25 bits per heavy atom. The van der Waals surface area contributed by atoms with E-state index >= 15 is 0 Å². The third-order valence-electron chi connectivity index (χ3n) is 3.43. The monoisotopic (exact) mass is 334 g/mol. The topological polar surface area (TPSA) is 45.5 Å². The van der Waals surface area contributed by atoms with Crippen molar-refractivity contribution in [1.29, 1.82) is 0 Å². The lowest BCUT2D eigenvalue weighted by atomic mass is 10.1. The molecule has 4 nitrogen and oxygen atoms in total. The molecule has 0 bridgehead atoms. The maximum Gasteiger partial charge on any atom is 0.254 e. The van der Waals surface area contributed by atoms with Gasteiger partial charge in [0.2, 0.25) is 0 Å². The van der Waals surface area contributed by atoms with Gasteiger partial charge in [-0.25, -0.2) is 0 Å². The standard InChI is InChI=1S/C15H15BrN2O2/c1-18(9-12-3-5-14(16)20-12)15(19)11-2-4-13-10(8-11)6-7-17-13/h2-5,8,17H,6-7,9H2,1H3. The van der Waals surface area contributed by atoms with E-state index in [1.165, 1.54) is 5.56 Å². The molecule has 3 rings (SSSR count). The number of anilines is 1. The average Bonchev–Trinajstić information content (AvgIpc) is 3.05. The number of hydrogen-bond acceptors (Lipinski definition) is 3. The molecule has 2 aromatic rings. The van der Waals surface area contributed by atoms with Crippen molar-refractivity contribution in [3.8, 4) is 0 Å². The van der Waals surface area contributed by atoms with Crippen molar-refractivity contribution in [3.63, 3.8) is 0 Å². The van der Waals surface area contributed by atoms with Crippen LogP contribution in [0.25, 0.3) is 0 Å². The summed E-state index contributed by atoms with van der Waals surface area (Å²) in [6.45, 7) is 1.41. The fourth-order valence-electron chi connectivity index (χ4n) is 2.40. The predicted octanol–water partition coefficient (Wildman–Crippen LogP) is 3.28. The maximum atomic E-state index is 12.4. The van der Waals surface area contributed by atoms with Gasteiger partial charge in [-0.2, -0.15) is 0 Å². The van der Waals surface area contributed by atoms with E-state index in [1.54, 1.807) is 11.9 Å². The van der Waals surface area contributed by atoms with E-state index < -0.39 is 0 Å². The summed E-state index contributed by atoms with van der Waals surface area (Å²) in [5, 5.41) is 3.29. The molecule has 0 fully saturated rings. The lowest BCUT2D eigenvalue weighted by Crippen LogP contribution is -2.26. The zero-order chi connectivity index (χ0) is 14.1. The Morgan fingerprint density at radius 1 is 1.40 bits per heavy atom. The van der Waals surface area contributed by atoms with Crippen LogP contribution in [0.15, 0.2) is 39.4 Å². The van der Waals surface area contributed by atoms with Crippen molar-refractivity contribution in [1.82, 2.24) is 4.90 Å². The number of fused-ring (bicyclic) bond motifs is 1. The van der Waals surface area contributed by atoms with Crippen molar-refractivity contribution in [2.75, 3.05) is 18.9 Å². The van der Waals surface area contributed by atoms with Gasteiger partial charge in [0.15, 0.2) is 4.67 Å². The molecular weight excluding hydrogens is 320 g/mol. The third-order valence-corrected chi connectivity index (χ3v) is 3.86. The maximum absolute atomic E-state index is 12.4. The summed E-state index contributed by atoms with van der Waals surface area (Å²) in [5.41, 5.74) is 3.07. The Bertz CT molecular complexity index is 651. The Kier molecular flexibility index (Phi) is 3.53. The molecule has 1 aromatic carbocycles. The smallest absolute Gasteiger partial charge is 0.254 e. The van der Waals surface area contributed by atoms with Gasteiger partial charge in [-0.3, -0.25) is 4.79 Å².